The van der Waals surface area contributed by atoms with E-state index in [1.165, 1.54) is 12.8 Å². The Morgan fingerprint density at radius 3 is 2.93 bits per heavy atom. The van der Waals surface area contributed by atoms with Crippen molar-refractivity contribution >= 4 is 11.6 Å². The van der Waals surface area contributed by atoms with Crippen LogP contribution in [-0.2, 0) is 14.9 Å². The highest BCUT2D eigenvalue weighted by Crippen LogP contribution is 2.74. The van der Waals surface area contributed by atoms with Gasteiger partial charge in [0.15, 0.2) is 11.5 Å². The first-order valence-electron chi connectivity index (χ1n) is 11.2. The van der Waals surface area contributed by atoms with Gasteiger partial charge in [0, 0.05) is 31.5 Å². The van der Waals surface area contributed by atoms with Gasteiger partial charge in [-0.05, 0) is 50.2 Å². The Morgan fingerprint density at radius 2 is 2.14 bits per heavy atom. The lowest BCUT2D eigenvalue weighted by molar-refractivity contribution is -0.232. The van der Waals surface area contributed by atoms with E-state index in [1.807, 2.05) is 17.9 Å². The number of aromatic hydroxyl groups is 1. The minimum Gasteiger partial charge on any atom is -0.503 e. The molecule has 6 rings (SSSR count). The van der Waals surface area contributed by atoms with Crippen molar-refractivity contribution in [3.05, 3.63) is 17.7 Å². The zero-order valence-electron chi connectivity index (χ0n) is 17.4. The van der Waals surface area contributed by atoms with Gasteiger partial charge in [0.05, 0.1) is 24.3 Å². The second-order valence-electron chi connectivity index (χ2n) is 9.52. The number of piperidine rings is 1. The summed E-state index contributed by atoms with van der Waals surface area (Å²) in [7, 11) is 1.57. The highest BCUT2D eigenvalue weighted by molar-refractivity contribution is 6.00. The molecule has 1 amide bonds. The molecule has 0 radical (unpaired) electrons. The van der Waals surface area contributed by atoms with Gasteiger partial charge in [0.2, 0.25) is 5.91 Å². The van der Waals surface area contributed by atoms with Crippen molar-refractivity contribution in [3.63, 3.8) is 0 Å². The van der Waals surface area contributed by atoms with Gasteiger partial charge in [0.1, 0.15) is 5.72 Å². The first-order chi connectivity index (χ1) is 14.1. The standard InChI is InChI=1S/C23H30N2O4/c1-3-18(26)25-17-7-9-21-8-4-12-24-13-10-22(17,23(21,24)29-14-11-21)15-5-6-16(28-2)20(27)19(15)25/h5-6,17,27H,3-4,7-14H2,1-2H3/t17-,21-,22-,23+/m1/s1. The maximum absolute atomic E-state index is 13.2. The van der Waals surface area contributed by atoms with Crippen LogP contribution in [0.15, 0.2) is 12.1 Å². The topological polar surface area (TPSA) is 62.2 Å². The summed E-state index contributed by atoms with van der Waals surface area (Å²) in [4.78, 5) is 17.7. The first kappa shape index (κ1) is 18.0. The summed E-state index contributed by atoms with van der Waals surface area (Å²) >= 11 is 0. The van der Waals surface area contributed by atoms with E-state index >= 15 is 0 Å². The second-order valence-corrected chi connectivity index (χ2v) is 9.52. The number of hydrogen-bond donors (Lipinski definition) is 1. The molecule has 1 N–H and O–H groups in total. The SMILES string of the molecule is CCC(=O)N1c2c(ccc(OC)c2O)[C@@]23CCN4CCC[C@]5(CCO[C@@]452)CC[C@@H]13. The molecular formula is C23H30N2O4. The largest absolute Gasteiger partial charge is 0.503 e. The van der Waals surface area contributed by atoms with E-state index in [0.717, 1.165) is 50.9 Å². The van der Waals surface area contributed by atoms with Crippen molar-refractivity contribution in [2.45, 2.75) is 69.1 Å². The van der Waals surface area contributed by atoms with Crippen LogP contribution in [0.4, 0.5) is 5.69 Å². The predicted molar refractivity (Wildman–Crippen MR) is 108 cm³/mol. The van der Waals surface area contributed by atoms with Gasteiger partial charge in [-0.15, -0.1) is 0 Å². The Hall–Kier alpha value is -1.79. The number of anilines is 1. The molecule has 2 spiro atoms. The molecule has 0 unspecified atom stereocenters. The third-order valence-corrected chi connectivity index (χ3v) is 8.92. The molecular weight excluding hydrogens is 368 g/mol. The van der Waals surface area contributed by atoms with E-state index in [4.69, 9.17) is 9.47 Å². The molecule has 6 nitrogen and oxygen atoms in total. The smallest absolute Gasteiger partial charge is 0.227 e. The van der Waals surface area contributed by atoms with Gasteiger partial charge < -0.3 is 19.5 Å². The van der Waals surface area contributed by atoms with E-state index in [9.17, 15) is 9.90 Å². The number of carbonyl (C=O) groups excluding carboxylic acids is 1. The minimum atomic E-state index is -0.348. The lowest BCUT2D eigenvalue weighted by Crippen LogP contribution is -2.73. The average Bonchev–Trinajstić information content (AvgIpc) is 3.38. The molecule has 29 heavy (non-hydrogen) atoms. The fraction of sp³-hybridized carbons (Fsp3) is 0.696. The van der Waals surface area contributed by atoms with Crippen LogP contribution in [0.25, 0.3) is 0 Å². The fourth-order valence-corrected chi connectivity index (χ4v) is 8.11. The molecule has 1 saturated carbocycles. The van der Waals surface area contributed by atoms with Gasteiger partial charge in [0.25, 0.3) is 0 Å². The molecule has 4 aliphatic heterocycles. The molecule has 6 heteroatoms. The third-order valence-electron chi connectivity index (χ3n) is 8.92. The zero-order valence-corrected chi connectivity index (χ0v) is 17.4. The Morgan fingerprint density at radius 1 is 1.28 bits per heavy atom. The van der Waals surface area contributed by atoms with E-state index in [2.05, 4.69) is 11.0 Å². The third kappa shape index (κ3) is 1.73. The number of fused-ring (bicyclic) bond motifs is 1. The number of nitrogens with zero attached hydrogens (tertiary/aromatic N) is 2. The number of ether oxygens (including phenoxy) is 2. The highest BCUT2D eigenvalue weighted by atomic mass is 16.5. The van der Waals surface area contributed by atoms with Crippen LogP contribution in [0.1, 0.15) is 57.4 Å². The molecule has 5 aliphatic rings. The Labute approximate surface area is 171 Å². The number of hydrogen-bond acceptors (Lipinski definition) is 5. The van der Waals surface area contributed by atoms with Crippen molar-refractivity contribution in [3.8, 4) is 11.5 Å². The van der Waals surface area contributed by atoms with Gasteiger partial charge in [-0.3, -0.25) is 9.69 Å². The summed E-state index contributed by atoms with van der Waals surface area (Å²) < 4.78 is 12.2. The molecule has 1 aliphatic carbocycles. The lowest BCUT2D eigenvalue weighted by Gasteiger charge is -2.62. The number of phenols is 1. The minimum absolute atomic E-state index is 0.0391. The molecule has 4 atom stereocenters. The molecule has 1 aromatic rings. The predicted octanol–water partition coefficient (Wildman–Crippen LogP) is 3.16. The van der Waals surface area contributed by atoms with Crippen LogP contribution in [0.3, 0.4) is 0 Å². The molecule has 0 bridgehead atoms. The fourth-order valence-electron chi connectivity index (χ4n) is 8.11. The lowest BCUT2D eigenvalue weighted by atomic mass is 9.50. The normalized spacial score (nSPS) is 39.7. The van der Waals surface area contributed by atoms with Crippen molar-refractivity contribution in [1.82, 2.24) is 4.90 Å². The molecule has 0 aromatic heterocycles. The van der Waals surface area contributed by atoms with Crippen LogP contribution in [-0.4, -0.2) is 54.5 Å². The molecule has 1 aromatic carbocycles. The number of rotatable bonds is 2. The summed E-state index contributed by atoms with van der Waals surface area (Å²) in [6, 6.07) is 4.01. The molecule has 156 valence electrons. The monoisotopic (exact) mass is 398 g/mol. The van der Waals surface area contributed by atoms with Crippen molar-refractivity contribution in [2.24, 2.45) is 5.41 Å². The van der Waals surface area contributed by atoms with E-state index in [1.54, 1.807) is 7.11 Å². The quantitative estimate of drug-likeness (QED) is 0.829. The van der Waals surface area contributed by atoms with Crippen LogP contribution >= 0.6 is 0 Å². The van der Waals surface area contributed by atoms with Gasteiger partial charge in [-0.1, -0.05) is 13.0 Å². The number of phenolic OH excluding ortho intramolecular Hbond substituents is 1. The van der Waals surface area contributed by atoms with Crippen LogP contribution in [0.2, 0.25) is 0 Å². The number of carbonyl (C=O) groups is 1. The molecule has 4 fully saturated rings. The van der Waals surface area contributed by atoms with Crippen molar-refractivity contribution in [1.29, 1.82) is 0 Å². The maximum atomic E-state index is 13.2. The van der Waals surface area contributed by atoms with Crippen molar-refractivity contribution < 1.29 is 19.4 Å². The summed E-state index contributed by atoms with van der Waals surface area (Å²) in [5, 5.41) is 11.2. The summed E-state index contributed by atoms with van der Waals surface area (Å²) in [5.41, 5.74) is 1.31. The number of benzene rings is 1. The first-order valence-corrected chi connectivity index (χ1v) is 11.2. The second kappa shape index (κ2) is 5.67. The maximum Gasteiger partial charge on any atom is 0.227 e. The van der Waals surface area contributed by atoms with E-state index < -0.39 is 0 Å². The molecule has 4 heterocycles. The highest BCUT2D eigenvalue weighted by Gasteiger charge is 2.80. The van der Waals surface area contributed by atoms with Gasteiger partial charge >= 0.3 is 0 Å². The van der Waals surface area contributed by atoms with E-state index in [-0.39, 0.29) is 34.3 Å². The number of amides is 1. The van der Waals surface area contributed by atoms with Gasteiger partial charge in [-0.25, -0.2) is 0 Å². The molecule has 3 saturated heterocycles. The Bertz CT molecular complexity index is 903. The van der Waals surface area contributed by atoms with Gasteiger partial charge in [-0.2, -0.15) is 0 Å². The van der Waals surface area contributed by atoms with Crippen LogP contribution < -0.4 is 9.64 Å². The number of methoxy groups -OCH3 is 1. The van der Waals surface area contributed by atoms with Crippen LogP contribution in [0.5, 0.6) is 11.5 Å². The van der Waals surface area contributed by atoms with Crippen molar-refractivity contribution in [2.75, 3.05) is 31.7 Å². The van der Waals surface area contributed by atoms with Crippen LogP contribution in [0, 0.1) is 5.41 Å². The zero-order chi connectivity index (χ0) is 20.0. The Balaban J connectivity index is 1.66. The average molecular weight is 399 g/mol. The van der Waals surface area contributed by atoms with E-state index in [0.29, 0.717) is 17.9 Å². The Kier molecular flexibility index (Phi) is 3.52. The summed E-state index contributed by atoms with van der Waals surface area (Å²) in [6.45, 7) is 4.77. The summed E-state index contributed by atoms with van der Waals surface area (Å²) in [5.74, 6) is 0.611. The summed E-state index contributed by atoms with van der Waals surface area (Å²) in [6.07, 6.45) is 7.01.